The molecule has 0 bridgehead atoms. The molecule has 0 unspecified atom stereocenters. The topological polar surface area (TPSA) is 12.0 Å². The van der Waals surface area contributed by atoms with Gasteiger partial charge in [0, 0.05) is 21.8 Å². The van der Waals surface area contributed by atoms with Crippen LogP contribution in [0.1, 0.15) is 51.3 Å². The Morgan fingerprint density at radius 3 is 2.29 bits per heavy atom. The van der Waals surface area contributed by atoms with Crippen LogP contribution in [-0.4, -0.2) is 0 Å². The number of hydrogen-bond acceptors (Lipinski definition) is 1. The second-order valence-corrected chi connectivity index (χ2v) is 7.89. The zero-order valence-electron chi connectivity index (χ0n) is 13.3. The van der Waals surface area contributed by atoms with Gasteiger partial charge in [0.25, 0.3) is 0 Å². The lowest BCUT2D eigenvalue weighted by Gasteiger charge is -2.36. The Kier molecular flexibility index (Phi) is 3.11. The normalized spacial score (nSPS) is 15.9. The molecular weight excluding hydrogens is 278 g/mol. The molecular formula is C19H22ClN. The molecule has 1 aliphatic rings. The Morgan fingerprint density at radius 2 is 1.62 bits per heavy atom. The fourth-order valence-corrected chi connectivity index (χ4v) is 3.26. The van der Waals surface area contributed by atoms with E-state index in [1.54, 1.807) is 0 Å². The summed E-state index contributed by atoms with van der Waals surface area (Å²) in [4.78, 5) is 0. The van der Waals surface area contributed by atoms with Crippen LogP contribution in [0.5, 0.6) is 0 Å². The van der Waals surface area contributed by atoms with Gasteiger partial charge in [-0.1, -0.05) is 58.4 Å². The van der Waals surface area contributed by atoms with Crippen molar-refractivity contribution in [2.45, 2.75) is 45.4 Å². The highest BCUT2D eigenvalue weighted by molar-refractivity contribution is 6.30. The van der Waals surface area contributed by atoms with E-state index in [0.717, 1.165) is 10.7 Å². The summed E-state index contributed by atoms with van der Waals surface area (Å²) in [6.45, 7) is 11.3. The zero-order valence-corrected chi connectivity index (χ0v) is 14.1. The number of halogens is 1. The summed E-state index contributed by atoms with van der Waals surface area (Å²) >= 11 is 6.19. The van der Waals surface area contributed by atoms with Crippen molar-refractivity contribution < 1.29 is 0 Å². The molecule has 1 heterocycles. The average molecular weight is 300 g/mol. The van der Waals surface area contributed by atoms with Crippen LogP contribution < -0.4 is 5.32 Å². The summed E-state index contributed by atoms with van der Waals surface area (Å²) in [5.74, 6) is 0. The van der Waals surface area contributed by atoms with Crippen LogP contribution in [0.2, 0.25) is 5.02 Å². The van der Waals surface area contributed by atoms with Crippen LogP contribution in [0, 0.1) is 0 Å². The lowest BCUT2D eigenvalue weighted by Crippen LogP contribution is -2.26. The Labute approximate surface area is 132 Å². The molecule has 1 N–H and O–H groups in total. The van der Waals surface area contributed by atoms with Crippen LogP contribution in [0.15, 0.2) is 36.4 Å². The summed E-state index contributed by atoms with van der Waals surface area (Å²) in [5.41, 5.74) is 6.40. The van der Waals surface area contributed by atoms with Crippen molar-refractivity contribution in [1.29, 1.82) is 0 Å². The molecule has 2 aromatic carbocycles. The van der Waals surface area contributed by atoms with Gasteiger partial charge in [0.05, 0.1) is 0 Å². The minimum Gasteiger partial charge on any atom is -0.355 e. The van der Waals surface area contributed by atoms with Gasteiger partial charge >= 0.3 is 0 Å². The van der Waals surface area contributed by atoms with Crippen LogP contribution in [0.4, 0.5) is 11.4 Å². The molecule has 2 aromatic rings. The lowest BCUT2D eigenvalue weighted by molar-refractivity contribution is 0.587. The molecule has 0 saturated heterocycles. The van der Waals surface area contributed by atoms with Gasteiger partial charge in [-0.05, 0) is 46.4 Å². The summed E-state index contributed by atoms with van der Waals surface area (Å²) in [7, 11) is 0. The van der Waals surface area contributed by atoms with Crippen molar-refractivity contribution in [2.75, 3.05) is 5.32 Å². The number of fused-ring (bicyclic) bond motifs is 2. The van der Waals surface area contributed by atoms with Crippen molar-refractivity contribution in [3.8, 4) is 0 Å². The van der Waals surface area contributed by atoms with Gasteiger partial charge < -0.3 is 5.32 Å². The molecule has 3 rings (SSSR count). The molecule has 0 fully saturated rings. The SMILES string of the molecule is CC(C)(C)c1ccc2c(c1)Nc1ccc(Cl)cc1C2(C)C. The van der Waals surface area contributed by atoms with E-state index in [1.165, 1.54) is 22.4 Å². The van der Waals surface area contributed by atoms with Gasteiger partial charge in [0.15, 0.2) is 0 Å². The Morgan fingerprint density at radius 1 is 0.905 bits per heavy atom. The quantitative estimate of drug-likeness (QED) is 0.627. The summed E-state index contributed by atoms with van der Waals surface area (Å²) < 4.78 is 0. The number of hydrogen-bond donors (Lipinski definition) is 1. The third-order valence-corrected chi connectivity index (χ3v) is 4.72. The molecule has 0 saturated carbocycles. The van der Waals surface area contributed by atoms with Crippen molar-refractivity contribution in [1.82, 2.24) is 0 Å². The van der Waals surface area contributed by atoms with Crippen LogP contribution in [-0.2, 0) is 10.8 Å². The van der Waals surface area contributed by atoms with Crippen LogP contribution >= 0.6 is 11.6 Å². The lowest BCUT2D eigenvalue weighted by atomic mass is 9.73. The minimum atomic E-state index is -0.0444. The van der Waals surface area contributed by atoms with E-state index in [0.29, 0.717) is 0 Å². The maximum absolute atomic E-state index is 6.19. The summed E-state index contributed by atoms with van der Waals surface area (Å²) in [5, 5.41) is 4.37. The first kappa shape index (κ1) is 14.5. The number of benzene rings is 2. The average Bonchev–Trinajstić information content (AvgIpc) is 2.38. The van der Waals surface area contributed by atoms with E-state index in [2.05, 4.69) is 70.3 Å². The van der Waals surface area contributed by atoms with Gasteiger partial charge in [-0.3, -0.25) is 0 Å². The van der Waals surface area contributed by atoms with E-state index in [1.807, 2.05) is 6.07 Å². The smallest absolute Gasteiger partial charge is 0.0428 e. The molecule has 0 atom stereocenters. The zero-order chi connectivity index (χ0) is 15.4. The molecule has 0 radical (unpaired) electrons. The van der Waals surface area contributed by atoms with Crippen LogP contribution in [0.25, 0.3) is 0 Å². The highest BCUT2D eigenvalue weighted by Crippen LogP contribution is 2.46. The van der Waals surface area contributed by atoms with Crippen molar-refractivity contribution in [3.05, 3.63) is 58.1 Å². The van der Waals surface area contributed by atoms with E-state index < -0.39 is 0 Å². The predicted octanol–water partition coefficient (Wildman–Crippen LogP) is 6.02. The molecule has 0 spiro atoms. The Bertz CT molecular complexity index is 708. The maximum atomic E-state index is 6.19. The predicted molar refractivity (Wildman–Crippen MR) is 92.0 cm³/mol. The van der Waals surface area contributed by atoms with Gasteiger partial charge in [0.1, 0.15) is 0 Å². The van der Waals surface area contributed by atoms with Crippen molar-refractivity contribution in [3.63, 3.8) is 0 Å². The molecule has 2 heteroatoms. The maximum Gasteiger partial charge on any atom is 0.0428 e. The molecule has 1 nitrogen and oxygen atoms in total. The Hall–Kier alpha value is -1.47. The molecule has 0 aromatic heterocycles. The van der Waals surface area contributed by atoms with E-state index >= 15 is 0 Å². The molecule has 0 aliphatic carbocycles. The second-order valence-electron chi connectivity index (χ2n) is 7.45. The van der Waals surface area contributed by atoms with Crippen molar-refractivity contribution in [2.24, 2.45) is 0 Å². The minimum absolute atomic E-state index is 0.0444. The first-order valence-electron chi connectivity index (χ1n) is 7.42. The fraction of sp³-hybridized carbons (Fsp3) is 0.368. The molecule has 110 valence electrons. The second kappa shape index (κ2) is 4.51. The van der Waals surface area contributed by atoms with Crippen molar-refractivity contribution >= 4 is 23.0 Å². The monoisotopic (exact) mass is 299 g/mol. The fourth-order valence-electron chi connectivity index (χ4n) is 3.09. The first-order valence-corrected chi connectivity index (χ1v) is 7.79. The first-order chi connectivity index (χ1) is 9.69. The van der Waals surface area contributed by atoms with Gasteiger partial charge in [-0.15, -0.1) is 0 Å². The molecule has 0 amide bonds. The number of rotatable bonds is 0. The highest BCUT2D eigenvalue weighted by Gasteiger charge is 2.33. The third-order valence-electron chi connectivity index (χ3n) is 4.48. The van der Waals surface area contributed by atoms with E-state index in [-0.39, 0.29) is 10.8 Å². The van der Waals surface area contributed by atoms with Gasteiger partial charge in [0.2, 0.25) is 0 Å². The van der Waals surface area contributed by atoms with Gasteiger partial charge in [-0.25, -0.2) is 0 Å². The number of anilines is 2. The number of nitrogens with one attached hydrogen (secondary N) is 1. The third kappa shape index (κ3) is 2.34. The standard InChI is InChI=1S/C19H22ClN/c1-18(2,3)12-6-8-14-17(10-12)21-16-9-7-13(20)11-15(16)19(14,4)5/h6-11,21H,1-5H3. The largest absolute Gasteiger partial charge is 0.355 e. The Balaban J connectivity index is 2.18. The highest BCUT2D eigenvalue weighted by atomic mass is 35.5. The van der Waals surface area contributed by atoms with E-state index in [4.69, 9.17) is 11.6 Å². The summed E-state index contributed by atoms with van der Waals surface area (Å²) in [6.07, 6.45) is 0. The van der Waals surface area contributed by atoms with Gasteiger partial charge in [-0.2, -0.15) is 0 Å². The summed E-state index contributed by atoms with van der Waals surface area (Å²) in [6, 6.07) is 12.9. The molecule has 1 aliphatic heterocycles. The van der Waals surface area contributed by atoms with Crippen LogP contribution in [0.3, 0.4) is 0 Å². The van der Waals surface area contributed by atoms with E-state index in [9.17, 15) is 0 Å². The molecule has 21 heavy (non-hydrogen) atoms.